The summed E-state index contributed by atoms with van der Waals surface area (Å²) in [6.45, 7) is 3.43. The van der Waals surface area contributed by atoms with Gasteiger partial charge in [-0.1, -0.05) is 12.1 Å². The SMILES string of the molecule is CC1(C)Oc2ccccc2N(CCC(=O)Nc2ccc(C(F)(F)F)cc2)C1=O. The summed E-state index contributed by atoms with van der Waals surface area (Å²) in [5.41, 5.74) is -1.01. The van der Waals surface area contributed by atoms with E-state index in [-0.39, 0.29) is 24.6 Å². The van der Waals surface area contributed by atoms with E-state index >= 15 is 0 Å². The van der Waals surface area contributed by atoms with Crippen LogP contribution in [0.1, 0.15) is 25.8 Å². The van der Waals surface area contributed by atoms with Crippen LogP contribution in [0.15, 0.2) is 48.5 Å². The Morgan fingerprint density at radius 3 is 2.39 bits per heavy atom. The van der Waals surface area contributed by atoms with Gasteiger partial charge in [0.1, 0.15) is 5.75 Å². The van der Waals surface area contributed by atoms with Crippen molar-refractivity contribution in [2.24, 2.45) is 0 Å². The number of anilines is 2. The zero-order chi connectivity index (χ0) is 20.5. The highest BCUT2D eigenvalue weighted by Crippen LogP contribution is 2.37. The lowest BCUT2D eigenvalue weighted by Crippen LogP contribution is -2.53. The molecule has 0 saturated heterocycles. The lowest BCUT2D eigenvalue weighted by atomic mass is 10.0. The number of nitrogens with one attached hydrogen (secondary N) is 1. The molecule has 0 radical (unpaired) electrons. The number of benzene rings is 2. The molecule has 1 aliphatic rings. The fourth-order valence-corrected chi connectivity index (χ4v) is 2.92. The number of alkyl halides is 3. The summed E-state index contributed by atoms with van der Waals surface area (Å²) < 4.78 is 43.5. The number of para-hydroxylation sites is 2. The minimum absolute atomic E-state index is 0.0167. The van der Waals surface area contributed by atoms with Crippen molar-refractivity contribution in [2.75, 3.05) is 16.8 Å². The van der Waals surface area contributed by atoms with Crippen LogP contribution in [-0.4, -0.2) is 24.0 Å². The van der Waals surface area contributed by atoms with Crippen LogP contribution in [0.25, 0.3) is 0 Å². The van der Waals surface area contributed by atoms with Gasteiger partial charge in [-0.15, -0.1) is 0 Å². The number of ether oxygens (including phenoxy) is 1. The third-order valence-electron chi connectivity index (χ3n) is 4.34. The van der Waals surface area contributed by atoms with Crippen LogP contribution in [0, 0.1) is 0 Å². The van der Waals surface area contributed by atoms with Gasteiger partial charge >= 0.3 is 6.18 Å². The fourth-order valence-electron chi connectivity index (χ4n) is 2.92. The van der Waals surface area contributed by atoms with E-state index < -0.39 is 23.2 Å². The molecule has 2 aromatic rings. The first kappa shape index (κ1) is 19.7. The first-order valence-electron chi connectivity index (χ1n) is 8.65. The van der Waals surface area contributed by atoms with E-state index in [1.54, 1.807) is 38.1 Å². The number of hydrogen-bond donors (Lipinski definition) is 1. The first-order chi connectivity index (χ1) is 13.1. The number of rotatable bonds is 4. The van der Waals surface area contributed by atoms with Crippen molar-refractivity contribution in [1.29, 1.82) is 0 Å². The lowest BCUT2D eigenvalue weighted by Gasteiger charge is -2.38. The van der Waals surface area contributed by atoms with Gasteiger partial charge in [-0.05, 0) is 50.2 Å². The highest BCUT2D eigenvalue weighted by molar-refractivity contribution is 6.03. The molecule has 1 heterocycles. The van der Waals surface area contributed by atoms with Crippen LogP contribution in [0.5, 0.6) is 5.75 Å². The molecule has 2 amide bonds. The molecule has 0 aromatic heterocycles. The van der Waals surface area contributed by atoms with E-state index in [4.69, 9.17) is 4.74 Å². The van der Waals surface area contributed by atoms with Crippen LogP contribution in [-0.2, 0) is 15.8 Å². The summed E-state index contributed by atoms with van der Waals surface area (Å²) in [6, 6.07) is 11.2. The second-order valence-electron chi connectivity index (χ2n) is 6.91. The molecule has 0 aliphatic carbocycles. The molecule has 2 aromatic carbocycles. The third-order valence-corrected chi connectivity index (χ3v) is 4.34. The quantitative estimate of drug-likeness (QED) is 0.847. The number of carbonyl (C=O) groups is 2. The highest BCUT2D eigenvalue weighted by atomic mass is 19.4. The Labute approximate surface area is 160 Å². The van der Waals surface area contributed by atoms with Crippen molar-refractivity contribution in [2.45, 2.75) is 32.0 Å². The third kappa shape index (κ3) is 4.11. The summed E-state index contributed by atoms with van der Waals surface area (Å²) in [6.07, 6.45) is -4.45. The largest absolute Gasteiger partial charge is 0.476 e. The maximum atomic E-state index is 12.7. The Balaban J connectivity index is 1.66. The van der Waals surface area contributed by atoms with Gasteiger partial charge in [0, 0.05) is 18.7 Å². The minimum atomic E-state index is -4.43. The number of halogens is 3. The Hall–Kier alpha value is -3.03. The van der Waals surface area contributed by atoms with Crippen LogP contribution in [0.4, 0.5) is 24.5 Å². The smallest absolute Gasteiger partial charge is 0.416 e. The van der Waals surface area contributed by atoms with E-state index in [2.05, 4.69) is 5.32 Å². The molecule has 8 heteroatoms. The number of amides is 2. The van der Waals surface area contributed by atoms with Crippen molar-refractivity contribution in [3.05, 3.63) is 54.1 Å². The molecular formula is C20H19F3N2O3. The van der Waals surface area contributed by atoms with E-state index in [0.717, 1.165) is 12.1 Å². The van der Waals surface area contributed by atoms with Crippen molar-refractivity contribution < 1.29 is 27.5 Å². The highest BCUT2D eigenvalue weighted by Gasteiger charge is 2.40. The Morgan fingerprint density at radius 1 is 1.11 bits per heavy atom. The zero-order valence-corrected chi connectivity index (χ0v) is 15.3. The molecule has 1 aliphatic heterocycles. The maximum absolute atomic E-state index is 12.7. The van der Waals surface area contributed by atoms with E-state index in [0.29, 0.717) is 11.4 Å². The van der Waals surface area contributed by atoms with Gasteiger partial charge in [0.05, 0.1) is 11.3 Å². The molecular weight excluding hydrogens is 373 g/mol. The molecule has 1 N–H and O–H groups in total. The number of hydrogen-bond acceptors (Lipinski definition) is 3. The average molecular weight is 392 g/mol. The topological polar surface area (TPSA) is 58.6 Å². The number of fused-ring (bicyclic) bond motifs is 1. The van der Waals surface area contributed by atoms with Gasteiger partial charge in [0.2, 0.25) is 5.91 Å². The summed E-state index contributed by atoms with van der Waals surface area (Å²) >= 11 is 0. The summed E-state index contributed by atoms with van der Waals surface area (Å²) in [5, 5.41) is 2.54. The zero-order valence-electron chi connectivity index (χ0n) is 15.3. The maximum Gasteiger partial charge on any atom is 0.416 e. The summed E-state index contributed by atoms with van der Waals surface area (Å²) in [5.74, 6) is -0.127. The van der Waals surface area contributed by atoms with Crippen molar-refractivity contribution >= 4 is 23.2 Å². The first-order valence-corrected chi connectivity index (χ1v) is 8.65. The second kappa shape index (κ2) is 7.18. The number of carbonyl (C=O) groups excluding carboxylic acids is 2. The summed E-state index contributed by atoms with van der Waals surface area (Å²) in [4.78, 5) is 26.4. The predicted octanol–water partition coefficient (Wildman–Crippen LogP) is 4.24. The fraction of sp³-hybridized carbons (Fsp3) is 0.300. The van der Waals surface area contributed by atoms with Crippen molar-refractivity contribution in [3.8, 4) is 5.75 Å². The number of nitrogens with zero attached hydrogens (tertiary/aromatic N) is 1. The summed E-state index contributed by atoms with van der Waals surface area (Å²) in [7, 11) is 0. The molecule has 0 saturated carbocycles. The Bertz CT molecular complexity index is 892. The Morgan fingerprint density at radius 2 is 1.75 bits per heavy atom. The van der Waals surface area contributed by atoms with Gasteiger partial charge in [0.15, 0.2) is 5.60 Å². The van der Waals surface area contributed by atoms with Crippen molar-refractivity contribution in [3.63, 3.8) is 0 Å². The van der Waals surface area contributed by atoms with Gasteiger partial charge in [0.25, 0.3) is 5.91 Å². The monoisotopic (exact) mass is 392 g/mol. The normalized spacial score (nSPS) is 15.6. The van der Waals surface area contributed by atoms with Gasteiger partial charge in [-0.3, -0.25) is 9.59 Å². The average Bonchev–Trinajstić information content (AvgIpc) is 2.61. The molecule has 0 atom stereocenters. The van der Waals surface area contributed by atoms with Gasteiger partial charge in [-0.25, -0.2) is 0 Å². The predicted molar refractivity (Wildman–Crippen MR) is 98.2 cm³/mol. The standard InChI is InChI=1S/C20H19F3N2O3/c1-19(2)18(27)25(15-5-3-4-6-16(15)28-19)12-11-17(26)24-14-9-7-13(8-10-14)20(21,22)23/h3-10H,11-12H2,1-2H3,(H,24,26). The van der Waals surface area contributed by atoms with E-state index in [9.17, 15) is 22.8 Å². The molecule has 28 heavy (non-hydrogen) atoms. The molecule has 0 unspecified atom stereocenters. The minimum Gasteiger partial charge on any atom is -0.476 e. The second-order valence-corrected chi connectivity index (χ2v) is 6.91. The Kier molecular flexibility index (Phi) is 5.06. The molecule has 3 rings (SSSR count). The van der Waals surface area contributed by atoms with E-state index in [1.165, 1.54) is 17.0 Å². The van der Waals surface area contributed by atoms with Crippen LogP contribution in [0.2, 0.25) is 0 Å². The van der Waals surface area contributed by atoms with Crippen LogP contribution in [0.3, 0.4) is 0 Å². The van der Waals surface area contributed by atoms with E-state index in [1.807, 2.05) is 0 Å². The van der Waals surface area contributed by atoms with Crippen molar-refractivity contribution in [1.82, 2.24) is 0 Å². The van der Waals surface area contributed by atoms with Crippen LogP contribution >= 0.6 is 0 Å². The molecule has 0 bridgehead atoms. The molecule has 148 valence electrons. The molecule has 0 fully saturated rings. The van der Waals surface area contributed by atoms with Crippen LogP contribution < -0.4 is 15.0 Å². The van der Waals surface area contributed by atoms with Gasteiger partial charge in [-0.2, -0.15) is 13.2 Å². The molecule has 5 nitrogen and oxygen atoms in total. The lowest BCUT2D eigenvalue weighted by molar-refractivity contribution is -0.137. The molecule has 0 spiro atoms. The van der Waals surface area contributed by atoms with Gasteiger partial charge < -0.3 is 15.0 Å².